The van der Waals surface area contributed by atoms with Gasteiger partial charge in [-0.1, -0.05) is 20.8 Å². The smallest absolute Gasteiger partial charge is 0.224 e. The highest BCUT2D eigenvalue weighted by Crippen LogP contribution is 2.24. The van der Waals surface area contributed by atoms with Gasteiger partial charge >= 0.3 is 0 Å². The molecule has 0 saturated heterocycles. The minimum absolute atomic E-state index is 0.0240. The molecule has 0 bridgehead atoms. The molecular formula is C13H23BrN4O. The minimum Gasteiger partial charge on any atom is -0.396 e. The Hall–Kier alpha value is -0.880. The van der Waals surface area contributed by atoms with Crippen LogP contribution in [-0.4, -0.2) is 34.8 Å². The van der Waals surface area contributed by atoms with Crippen molar-refractivity contribution >= 4 is 27.7 Å². The lowest BCUT2D eigenvalue weighted by atomic mass is 9.90. The molecule has 1 rings (SSSR count). The van der Waals surface area contributed by atoms with Gasteiger partial charge in [0.05, 0.1) is 4.47 Å². The summed E-state index contributed by atoms with van der Waals surface area (Å²) < 4.78 is 0.842. The van der Waals surface area contributed by atoms with Crippen LogP contribution in [-0.2, 0) is 0 Å². The molecule has 0 aliphatic rings. The van der Waals surface area contributed by atoms with Crippen LogP contribution < -0.4 is 10.6 Å². The average Bonchev–Trinajstić information content (AvgIpc) is 2.36. The second kappa shape index (κ2) is 7.65. The van der Waals surface area contributed by atoms with E-state index < -0.39 is 0 Å². The van der Waals surface area contributed by atoms with Gasteiger partial charge in [0.1, 0.15) is 5.82 Å². The Morgan fingerprint density at radius 3 is 2.74 bits per heavy atom. The molecule has 1 aromatic rings. The molecule has 5 nitrogen and oxygen atoms in total. The van der Waals surface area contributed by atoms with Crippen LogP contribution in [0.4, 0.5) is 11.8 Å². The van der Waals surface area contributed by atoms with E-state index in [9.17, 15) is 0 Å². The molecule has 0 unspecified atom stereocenters. The van der Waals surface area contributed by atoms with E-state index in [1.54, 1.807) is 6.20 Å². The summed E-state index contributed by atoms with van der Waals surface area (Å²) >= 11 is 3.44. The predicted octanol–water partition coefficient (Wildman–Crippen LogP) is 2.88. The molecule has 0 saturated carbocycles. The number of halogens is 1. The zero-order chi connectivity index (χ0) is 14.3. The van der Waals surface area contributed by atoms with Crippen molar-refractivity contribution in [2.75, 3.05) is 30.3 Å². The van der Waals surface area contributed by atoms with Crippen LogP contribution in [0, 0.1) is 5.41 Å². The van der Waals surface area contributed by atoms with Crippen molar-refractivity contribution in [1.82, 2.24) is 9.97 Å². The summed E-state index contributed by atoms with van der Waals surface area (Å²) in [5, 5.41) is 15.5. The summed E-state index contributed by atoms with van der Waals surface area (Å²) in [6, 6.07) is 0. The summed E-state index contributed by atoms with van der Waals surface area (Å²) in [4.78, 5) is 8.64. The normalized spacial score (nSPS) is 11.4. The Morgan fingerprint density at radius 2 is 2.11 bits per heavy atom. The third-order valence-corrected chi connectivity index (χ3v) is 3.38. The zero-order valence-corrected chi connectivity index (χ0v) is 13.4. The first kappa shape index (κ1) is 16.2. The molecule has 108 valence electrons. The fourth-order valence-corrected chi connectivity index (χ4v) is 1.86. The Labute approximate surface area is 123 Å². The largest absolute Gasteiger partial charge is 0.396 e. The van der Waals surface area contributed by atoms with E-state index in [0.29, 0.717) is 5.95 Å². The maximum atomic E-state index is 9.02. The van der Waals surface area contributed by atoms with Crippen LogP contribution in [0.15, 0.2) is 10.7 Å². The molecule has 0 amide bonds. The van der Waals surface area contributed by atoms with Crippen LogP contribution in [0.25, 0.3) is 0 Å². The van der Waals surface area contributed by atoms with Crippen LogP contribution in [0.5, 0.6) is 0 Å². The van der Waals surface area contributed by atoms with E-state index in [-0.39, 0.29) is 12.0 Å². The zero-order valence-electron chi connectivity index (χ0n) is 11.8. The lowest BCUT2D eigenvalue weighted by Crippen LogP contribution is -2.25. The lowest BCUT2D eigenvalue weighted by molar-refractivity contribution is 0.220. The molecular weight excluding hydrogens is 308 g/mol. The third kappa shape index (κ3) is 5.74. The number of aromatic nitrogens is 2. The number of nitrogens with zero attached hydrogens (tertiary/aromatic N) is 2. The molecule has 0 aliphatic carbocycles. The van der Waals surface area contributed by atoms with E-state index in [2.05, 4.69) is 57.3 Å². The molecule has 3 N–H and O–H groups in total. The third-order valence-electron chi connectivity index (χ3n) is 2.80. The van der Waals surface area contributed by atoms with Gasteiger partial charge in [0.15, 0.2) is 0 Å². The van der Waals surface area contributed by atoms with Crippen molar-refractivity contribution in [3.63, 3.8) is 0 Å². The number of rotatable bonds is 8. The van der Waals surface area contributed by atoms with Crippen molar-refractivity contribution in [3.05, 3.63) is 10.7 Å². The van der Waals surface area contributed by atoms with Gasteiger partial charge in [0.25, 0.3) is 0 Å². The van der Waals surface area contributed by atoms with E-state index in [1.165, 1.54) is 0 Å². The predicted molar refractivity (Wildman–Crippen MR) is 82.5 cm³/mol. The highest BCUT2D eigenvalue weighted by molar-refractivity contribution is 9.10. The number of hydrogen-bond acceptors (Lipinski definition) is 5. The van der Waals surface area contributed by atoms with E-state index in [1.807, 2.05) is 0 Å². The molecule has 0 spiro atoms. The highest BCUT2D eigenvalue weighted by Gasteiger charge is 2.17. The molecule has 0 aliphatic heterocycles. The standard InChI is InChI=1S/C13H23BrN4O/c1-4-6-15-12-16-8-10(14)11(18-12)17-9-13(2,3)5-7-19/h8,19H,4-7,9H2,1-3H3,(H2,15,16,17,18). The van der Waals surface area contributed by atoms with Crippen LogP contribution >= 0.6 is 15.9 Å². The van der Waals surface area contributed by atoms with Gasteiger partial charge in [0, 0.05) is 25.9 Å². The number of aliphatic hydroxyl groups is 1. The van der Waals surface area contributed by atoms with Crippen LogP contribution in [0.2, 0.25) is 0 Å². The van der Waals surface area contributed by atoms with Gasteiger partial charge in [-0.05, 0) is 34.2 Å². The number of aliphatic hydroxyl groups excluding tert-OH is 1. The highest BCUT2D eigenvalue weighted by atomic mass is 79.9. The number of anilines is 2. The van der Waals surface area contributed by atoms with Gasteiger partial charge in [0.2, 0.25) is 5.95 Å². The van der Waals surface area contributed by atoms with Crippen LogP contribution in [0.3, 0.4) is 0 Å². The first-order chi connectivity index (χ1) is 8.98. The maximum absolute atomic E-state index is 9.02. The monoisotopic (exact) mass is 330 g/mol. The van der Waals surface area contributed by atoms with Gasteiger partial charge in [-0.2, -0.15) is 4.98 Å². The Bertz CT molecular complexity index is 398. The summed E-state index contributed by atoms with van der Waals surface area (Å²) in [6.07, 6.45) is 3.53. The SMILES string of the molecule is CCCNc1ncc(Br)c(NCC(C)(C)CCO)n1. The molecule has 1 heterocycles. The average molecular weight is 331 g/mol. The number of hydrogen-bond donors (Lipinski definition) is 3. The van der Waals surface area contributed by atoms with Crippen molar-refractivity contribution in [2.45, 2.75) is 33.6 Å². The maximum Gasteiger partial charge on any atom is 0.224 e. The molecule has 0 aromatic carbocycles. The Morgan fingerprint density at radius 1 is 1.37 bits per heavy atom. The van der Waals surface area contributed by atoms with Crippen molar-refractivity contribution < 1.29 is 5.11 Å². The molecule has 19 heavy (non-hydrogen) atoms. The fraction of sp³-hybridized carbons (Fsp3) is 0.692. The summed E-state index contributed by atoms with van der Waals surface area (Å²) in [5.74, 6) is 1.41. The molecule has 0 radical (unpaired) electrons. The van der Waals surface area contributed by atoms with Gasteiger partial charge in [-0.25, -0.2) is 4.98 Å². The van der Waals surface area contributed by atoms with Gasteiger partial charge in [-0.3, -0.25) is 0 Å². The Kier molecular flexibility index (Phi) is 6.51. The first-order valence-corrected chi connectivity index (χ1v) is 7.39. The van der Waals surface area contributed by atoms with Crippen LogP contribution in [0.1, 0.15) is 33.6 Å². The van der Waals surface area contributed by atoms with Crippen molar-refractivity contribution in [2.24, 2.45) is 5.41 Å². The van der Waals surface area contributed by atoms with E-state index >= 15 is 0 Å². The van der Waals surface area contributed by atoms with Gasteiger partial charge < -0.3 is 15.7 Å². The molecule has 6 heteroatoms. The first-order valence-electron chi connectivity index (χ1n) is 6.59. The van der Waals surface area contributed by atoms with E-state index in [4.69, 9.17) is 5.11 Å². The summed E-state index contributed by atoms with van der Waals surface area (Å²) in [7, 11) is 0. The van der Waals surface area contributed by atoms with Crippen molar-refractivity contribution in [1.29, 1.82) is 0 Å². The molecule has 0 fully saturated rings. The summed E-state index contributed by atoms with van der Waals surface area (Å²) in [5.41, 5.74) is 0.0240. The topological polar surface area (TPSA) is 70.1 Å². The molecule has 0 atom stereocenters. The second-order valence-electron chi connectivity index (χ2n) is 5.31. The quantitative estimate of drug-likeness (QED) is 0.683. The minimum atomic E-state index is 0.0240. The lowest BCUT2D eigenvalue weighted by Gasteiger charge is -2.24. The second-order valence-corrected chi connectivity index (χ2v) is 6.16. The van der Waals surface area contributed by atoms with E-state index in [0.717, 1.165) is 36.2 Å². The van der Waals surface area contributed by atoms with Gasteiger partial charge in [-0.15, -0.1) is 0 Å². The summed E-state index contributed by atoms with van der Waals surface area (Å²) in [6.45, 7) is 8.13. The van der Waals surface area contributed by atoms with Crippen molar-refractivity contribution in [3.8, 4) is 0 Å². The molecule has 1 aromatic heterocycles. The Balaban J connectivity index is 2.66. The fourth-order valence-electron chi connectivity index (χ4n) is 1.53. The number of nitrogens with one attached hydrogen (secondary N) is 2.